The van der Waals surface area contributed by atoms with E-state index >= 15 is 0 Å². The van der Waals surface area contributed by atoms with Crippen molar-refractivity contribution in [1.82, 2.24) is 20.4 Å². The van der Waals surface area contributed by atoms with Crippen molar-refractivity contribution in [2.45, 2.75) is 50.9 Å². The van der Waals surface area contributed by atoms with E-state index in [0.717, 1.165) is 31.4 Å². The molecule has 1 atom stereocenters. The third kappa shape index (κ3) is 6.02. The number of amides is 2. The van der Waals surface area contributed by atoms with Crippen molar-refractivity contribution in [2.75, 3.05) is 32.5 Å². The van der Waals surface area contributed by atoms with Gasteiger partial charge < -0.3 is 15.0 Å². The molecule has 0 saturated carbocycles. The number of aryl methyl sites for hydroxylation is 1. The fourth-order valence-corrected chi connectivity index (χ4v) is 3.65. The second-order valence-electron chi connectivity index (χ2n) is 6.58. The quantitative estimate of drug-likeness (QED) is 0.638. The summed E-state index contributed by atoms with van der Waals surface area (Å²) in [5.74, 6) is 0.0928. The average Bonchev–Trinajstić information content (AvgIpc) is 3.09. The summed E-state index contributed by atoms with van der Waals surface area (Å²) in [5.41, 5.74) is 1.37. The molecule has 1 aromatic rings. The fourth-order valence-electron chi connectivity index (χ4n) is 3.02. The number of carbonyl (C=O) groups excluding carboxylic acids is 2. The van der Waals surface area contributed by atoms with E-state index in [1.165, 1.54) is 0 Å². The third-order valence-corrected chi connectivity index (χ3v) is 5.69. The molecule has 2 N–H and O–H groups in total. The lowest BCUT2D eigenvalue weighted by atomic mass is 10.1. The van der Waals surface area contributed by atoms with Gasteiger partial charge in [-0.25, -0.2) is 0 Å². The highest BCUT2D eigenvalue weighted by molar-refractivity contribution is 7.99. The Hall–Kier alpha value is -1.54. The fraction of sp³-hybridized carbons (Fsp3) is 0.722. The Kier molecular flexibility index (Phi) is 8.44. The number of piperidine rings is 1. The first-order valence-electron chi connectivity index (χ1n) is 9.28. The molecular formula is C18H30N4O3S. The number of H-pyrrole nitrogens is 1. The number of nitrogens with zero attached hydrogens (tertiary/aromatic N) is 2. The summed E-state index contributed by atoms with van der Waals surface area (Å²) in [6.07, 6.45) is 5.48. The van der Waals surface area contributed by atoms with Crippen molar-refractivity contribution in [3.63, 3.8) is 0 Å². The van der Waals surface area contributed by atoms with Gasteiger partial charge >= 0.3 is 0 Å². The van der Waals surface area contributed by atoms with E-state index in [9.17, 15) is 9.59 Å². The standard InChI is InChI=1S/C18H30N4O3S/c1-4-16(26-3)17(23)19-8-5-11-25-14-6-9-22(10-7-14)18(24)15-12-13(2)20-21-15/h12,14,16H,4-11H2,1-3H3,(H,19,23)(H,20,21). The lowest BCUT2D eigenvalue weighted by molar-refractivity contribution is -0.120. The summed E-state index contributed by atoms with van der Waals surface area (Å²) >= 11 is 1.58. The molecule has 1 unspecified atom stereocenters. The number of thioether (sulfide) groups is 1. The Morgan fingerprint density at radius 1 is 1.46 bits per heavy atom. The number of carbonyl (C=O) groups is 2. The molecule has 1 aliphatic heterocycles. The van der Waals surface area contributed by atoms with Gasteiger partial charge in [0.15, 0.2) is 0 Å². The van der Waals surface area contributed by atoms with Crippen LogP contribution >= 0.6 is 11.8 Å². The van der Waals surface area contributed by atoms with Gasteiger partial charge in [0.25, 0.3) is 5.91 Å². The van der Waals surface area contributed by atoms with E-state index in [-0.39, 0.29) is 23.2 Å². The maximum Gasteiger partial charge on any atom is 0.274 e. The first-order chi connectivity index (χ1) is 12.5. The number of hydrogen-bond acceptors (Lipinski definition) is 5. The van der Waals surface area contributed by atoms with E-state index in [4.69, 9.17) is 4.74 Å². The van der Waals surface area contributed by atoms with E-state index in [1.807, 2.05) is 25.0 Å². The predicted molar refractivity (Wildman–Crippen MR) is 103 cm³/mol. The van der Waals surface area contributed by atoms with Gasteiger partial charge in [0.05, 0.1) is 11.4 Å². The maximum absolute atomic E-state index is 12.3. The van der Waals surface area contributed by atoms with Crippen LogP contribution in [0.2, 0.25) is 0 Å². The molecule has 1 fully saturated rings. The summed E-state index contributed by atoms with van der Waals surface area (Å²) < 4.78 is 5.90. The molecule has 2 heterocycles. The SMILES string of the molecule is CCC(SC)C(=O)NCCCOC1CCN(C(=O)c2cc(C)[nH]n2)CC1. The Balaban J connectivity index is 1.59. The van der Waals surface area contributed by atoms with Gasteiger partial charge in [0.1, 0.15) is 5.69 Å². The number of ether oxygens (including phenoxy) is 1. The number of rotatable bonds is 9. The zero-order valence-corrected chi connectivity index (χ0v) is 16.7. The number of hydrogen-bond donors (Lipinski definition) is 2. The van der Waals surface area contributed by atoms with Crippen molar-refractivity contribution >= 4 is 23.6 Å². The number of likely N-dealkylation sites (tertiary alicyclic amines) is 1. The largest absolute Gasteiger partial charge is 0.378 e. The molecule has 2 amide bonds. The molecule has 7 nitrogen and oxygen atoms in total. The van der Waals surface area contributed by atoms with Crippen molar-refractivity contribution < 1.29 is 14.3 Å². The summed E-state index contributed by atoms with van der Waals surface area (Å²) in [4.78, 5) is 26.1. The first-order valence-corrected chi connectivity index (χ1v) is 10.6. The van der Waals surface area contributed by atoms with Crippen LogP contribution in [0, 0.1) is 6.92 Å². The average molecular weight is 383 g/mol. The lowest BCUT2D eigenvalue weighted by Gasteiger charge is -2.31. The second-order valence-corrected chi connectivity index (χ2v) is 7.62. The number of aromatic amines is 1. The van der Waals surface area contributed by atoms with Crippen LogP contribution in [0.1, 0.15) is 48.8 Å². The van der Waals surface area contributed by atoms with Gasteiger partial charge in [-0.3, -0.25) is 14.7 Å². The summed E-state index contributed by atoms with van der Waals surface area (Å²) in [7, 11) is 0. The molecule has 0 spiro atoms. The molecule has 0 radical (unpaired) electrons. The lowest BCUT2D eigenvalue weighted by Crippen LogP contribution is -2.41. The van der Waals surface area contributed by atoms with Gasteiger partial charge in [0.2, 0.25) is 5.91 Å². The Morgan fingerprint density at radius 3 is 2.77 bits per heavy atom. The van der Waals surface area contributed by atoms with Crippen molar-refractivity contribution in [2.24, 2.45) is 0 Å². The zero-order chi connectivity index (χ0) is 18.9. The second kappa shape index (κ2) is 10.6. The highest BCUT2D eigenvalue weighted by Gasteiger charge is 2.25. The van der Waals surface area contributed by atoms with Crippen LogP contribution in [0.15, 0.2) is 6.07 Å². The van der Waals surface area contributed by atoms with Crippen LogP contribution in [-0.4, -0.2) is 70.8 Å². The molecule has 0 aromatic carbocycles. The van der Waals surface area contributed by atoms with Gasteiger partial charge in [-0.1, -0.05) is 6.92 Å². The molecule has 1 aliphatic rings. The molecule has 8 heteroatoms. The molecule has 0 aliphatic carbocycles. The predicted octanol–water partition coefficient (Wildman–Crippen LogP) is 1.99. The Bertz CT molecular complexity index is 581. The van der Waals surface area contributed by atoms with Crippen LogP contribution in [0.25, 0.3) is 0 Å². The van der Waals surface area contributed by atoms with Crippen LogP contribution in [0.3, 0.4) is 0 Å². The number of aromatic nitrogens is 2. The van der Waals surface area contributed by atoms with E-state index < -0.39 is 0 Å². The van der Waals surface area contributed by atoms with Crippen molar-refractivity contribution in [1.29, 1.82) is 0 Å². The topological polar surface area (TPSA) is 87.3 Å². The van der Waals surface area contributed by atoms with Gasteiger partial charge in [-0.05, 0) is 44.9 Å². The molecule has 0 bridgehead atoms. The van der Waals surface area contributed by atoms with E-state index in [0.29, 0.717) is 31.9 Å². The molecule has 1 aromatic heterocycles. The summed E-state index contributed by atoms with van der Waals surface area (Å²) in [6.45, 7) is 6.57. The highest BCUT2D eigenvalue weighted by Crippen LogP contribution is 2.16. The normalized spacial score (nSPS) is 16.5. The van der Waals surface area contributed by atoms with E-state index in [1.54, 1.807) is 17.8 Å². The van der Waals surface area contributed by atoms with Gasteiger partial charge in [-0.15, -0.1) is 0 Å². The van der Waals surface area contributed by atoms with Crippen LogP contribution in [0.5, 0.6) is 0 Å². The van der Waals surface area contributed by atoms with Crippen molar-refractivity contribution in [3.8, 4) is 0 Å². The highest BCUT2D eigenvalue weighted by atomic mass is 32.2. The Morgan fingerprint density at radius 2 is 2.19 bits per heavy atom. The summed E-state index contributed by atoms with van der Waals surface area (Å²) in [5, 5.41) is 9.84. The van der Waals surface area contributed by atoms with Crippen LogP contribution in [0.4, 0.5) is 0 Å². The minimum Gasteiger partial charge on any atom is -0.378 e. The molecule has 1 saturated heterocycles. The van der Waals surface area contributed by atoms with Crippen molar-refractivity contribution in [3.05, 3.63) is 17.5 Å². The van der Waals surface area contributed by atoms with Gasteiger partial charge in [0, 0.05) is 31.9 Å². The Labute approximate surface area is 159 Å². The first kappa shape index (κ1) is 20.8. The van der Waals surface area contributed by atoms with Gasteiger partial charge in [-0.2, -0.15) is 16.9 Å². The monoisotopic (exact) mass is 382 g/mol. The van der Waals surface area contributed by atoms with E-state index in [2.05, 4.69) is 15.5 Å². The zero-order valence-electron chi connectivity index (χ0n) is 15.9. The van der Waals surface area contributed by atoms with Crippen LogP contribution in [-0.2, 0) is 9.53 Å². The smallest absolute Gasteiger partial charge is 0.274 e. The molecule has 2 rings (SSSR count). The minimum atomic E-state index is -0.0187. The molecular weight excluding hydrogens is 352 g/mol. The van der Waals surface area contributed by atoms with Crippen LogP contribution < -0.4 is 5.32 Å². The minimum absolute atomic E-state index is 0.0187. The summed E-state index contributed by atoms with van der Waals surface area (Å²) in [6, 6.07) is 1.78. The molecule has 146 valence electrons. The number of nitrogens with one attached hydrogen (secondary N) is 2. The third-order valence-electron chi connectivity index (χ3n) is 4.58. The molecule has 26 heavy (non-hydrogen) atoms. The maximum atomic E-state index is 12.3.